The van der Waals surface area contributed by atoms with E-state index in [1.54, 1.807) is 0 Å². The van der Waals surface area contributed by atoms with E-state index in [-0.39, 0.29) is 5.66 Å². The lowest BCUT2D eigenvalue weighted by Crippen LogP contribution is -2.64. The molecule has 0 aromatic rings. The van der Waals surface area contributed by atoms with Crippen LogP contribution in [0.2, 0.25) is 0 Å². The van der Waals surface area contributed by atoms with Crippen LogP contribution in [-0.2, 0) is 0 Å². The Hall–Kier alpha value is 1.00. The van der Waals surface area contributed by atoms with Gasteiger partial charge in [0.2, 0.25) is 0 Å². The predicted octanol–water partition coefficient (Wildman–Crippen LogP) is 3.18. The van der Waals surface area contributed by atoms with Crippen molar-refractivity contribution in [2.75, 3.05) is 30.9 Å². The van der Waals surface area contributed by atoms with E-state index in [9.17, 15) is 0 Å². The quantitative estimate of drug-likeness (QED) is 0.184. The third kappa shape index (κ3) is 2.77. The van der Waals surface area contributed by atoms with Gasteiger partial charge in [0.15, 0.2) is 5.66 Å². The van der Waals surface area contributed by atoms with Crippen LogP contribution in [0.15, 0.2) is 0 Å². The van der Waals surface area contributed by atoms with Crippen molar-refractivity contribution in [1.82, 2.24) is 4.31 Å². The first-order chi connectivity index (χ1) is 6.39. The van der Waals surface area contributed by atoms with Gasteiger partial charge >= 0.3 is 0 Å². The topological polar surface area (TPSA) is 3.24 Å². The maximum Gasteiger partial charge on any atom is 0.159 e. The van der Waals surface area contributed by atoms with Gasteiger partial charge in [-0.25, -0.2) is 0 Å². The predicted molar refractivity (Wildman–Crippen MR) is 75.6 cm³/mol. The Balaban J connectivity index is 4.88. The van der Waals surface area contributed by atoms with E-state index >= 15 is 0 Å². The van der Waals surface area contributed by atoms with Crippen LogP contribution in [-0.4, -0.2) is 45.4 Å². The zero-order valence-electron chi connectivity index (χ0n) is 10.3. The van der Waals surface area contributed by atoms with Crippen LogP contribution in [0.1, 0.15) is 27.7 Å². The minimum Gasteiger partial charge on any atom is -0.301 e. The molecule has 0 fully saturated rings. The second-order valence-corrected chi connectivity index (χ2v) is 5.69. The first kappa shape index (κ1) is 15.0. The SMILES string of the molecule is CCN(SC)C(C)(C)[N+](C)(CC)CI. The monoisotopic (exact) mass is 331 g/mol. The fourth-order valence-corrected chi connectivity index (χ4v) is 3.85. The van der Waals surface area contributed by atoms with Crippen LogP contribution in [0.4, 0.5) is 0 Å². The van der Waals surface area contributed by atoms with Gasteiger partial charge in [-0.2, -0.15) is 4.31 Å². The van der Waals surface area contributed by atoms with E-state index in [1.165, 1.54) is 6.54 Å². The number of hydrogen-bond acceptors (Lipinski definition) is 2. The summed E-state index contributed by atoms with van der Waals surface area (Å²) in [6, 6.07) is 0. The molecule has 0 rings (SSSR count). The van der Waals surface area contributed by atoms with Gasteiger partial charge in [0.25, 0.3) is 0 Å². The number of hydrogen-bond donors (Lipinski definition) is 0. The van der Waals surface area contributed by atoms with E-state index in [1.807, 2.05) is 11.9 Å². The van der Waals surface area contributed by atoms with Crippen molar-refractivity contribution in [2.24, 2.45) is 0 Å². The van der Waals surface area contributed by atoms with Crippen molar-refractivity contribution in [3.05, 3.63) is 0 Å². The van der Waals surface area contributed by atoms with Crippen molar-refractivity contribution in [3.63, 3.8) is 0 Å². The first-order valence-electron chi connectivity index (χ1n) is 5.12. The Kier molecular flexibility index (Phi) is 6.34. The smallest absolute Gasteiger partial charge is 0.159 e. The zero-order valence-corrected chi connectivity index (χ0v) is 13.3. The third-order valence-electron chi connectivity index (χ3n) is 3.40. The molecular formula is C10H24IN2S+. The fraction of sp³-hybridized carbons (Fsp3) is 1.00. The number of rotatable bonds is 6. The minimum absolute atomic E-state index is 0.199. The molecule has 0 heterocycles. The van der Waals surface area contributed by atoms with Gasteiger partial charge in [-0.05, 0) is 35.8 Å². The minimum atomic E-state index is 0.199. The summed E-state index contributed by atoms with van der Waals surface area (Å²) in [5.74, 6) is 0. The average Bonchev–Trinajstić information content (AvgIpc) is 2.17. The maximum absolute atomic E-state index is 2.49. The van der Waals surface area contributed by atoms with E-state index in [0.717, 1.165) is 15.6 Å². The summed E-state index contributed by atoms with van der Waals surface area (Å²) in [6.45, 7) is 11.5. The van der Waals surface area contributed by atoms with Crippen LogP contribution in [0.3, 0.4) is 0 Å². The molecule has 0 N–H and O–H groups in total. The van der Waals surface area contributed by atoms with Crippen LogP contribution < -0.4 is 0 Å². The van der Waals surface area contributed by atoms with Gasteiger partial charge in [-0.3, -0.25) is 0 Å². The molecule has 0 saturated carbocycles. The summed E-state index contributed by atoms with van der Waals surface area (Å²) in [4.78, 5) is 0. The fourth-order valence-electron chi connectivity index (χ4n) is 1.63. The molecule has 0 spiro atoms. The Bertz CT molecular complexity index is 166. The Morgan fingerprint density at radius 3 is 2.07 bits per heavy atom. The summed E-state index contributed by atoms with van der Waals surface area (Å²) >= 11 is 4.34. The highest BCUT2D eigenvalue weighted by molar-refractivity contribution is 14.1. The maximum atomic E-state index is 2.49. The molecule has 0 amide bonds. The molecule has 86 valence electrons. The molecule has 0 aliphatic heterocycles. The lowest BCUT2D eigenvalue weighted by atomic mass is 10.1. The molecule has 0 aromatic carbocycles. The average molecular weight is 331 g/mol. The van der Waals surface area contributed by atoms with Crippen LogP contribution >= 0.6 is 34.5 Å². The van der Waals surface area contributed by atoms with Crippen LogP contribution in [0.25, 0.3) is 0 Å². The lowest BCUT2D eigenvalue weighted by Gasteiger charge is -2.50. The van der Waals surface area contributed by atoms with Crippen LogP contribution in [0.5, 0.6) is 0 Å². The number of alkyl halides is 1. The molecule has 1 unspecified atom stereocenters. The molecule has 2 nitrogen and oxygen atoms in total. The van der Waals surface area contributed by atoms with Crippen molar-refractivity contribution >= 4 is 34.5 Å². The Labute approximate surface area is 107 Å². The molecular weight excluding hydrogens is 307 g/mol. The van der Waals surface area contributed by atoms with E-state index in [2.05, 4.69) is 67.9 Å². The highest BCUT2D eigenvalue weighted by Gasteiger charge is 2.42. The molecule has 0 aliphatic rings. The number of nitrogens with zero attached hydrogens (tertiary/aromatic N) is 2. The number of halogens is 1. The standard InChI is InChI=1S/C10H24IN2S/c1-7-12(14-6)10(3,4)13(5,8-2)9-11/h7-9H2,1-6H3/q+1. The van der Waals surface area contributed by atoms with Gasteiger partial charge in [0.1, 0.15) is 4.55 Å². The van der Waals surface area contributed by atoms with Gasteiger partial charge < -0.3 is 4.48 Å². The molecule has 0 bridgehead atoms. The van der Waals surface area contributed by atoms with Crippen molar-refractivity contribution in [1.29, 1.82) is 0 Å². The molecule has 14 heavy (non-hydrogen) atoms. The summed E-state index contributed by atoms with van der Waals surface area (Å²) in [7, 11) is 2.34. The molecule has 0 aromatic heterocycles. The zero-order chi connectivity index (χ0) is 11.4. The van der Waals surface area contributed by atoms with Crippen molar-refractivity contribution in [3.8, 4) is 0 Å². The van der Waals surface area contributed by atoms with Gasteiger partial charge in [-0.15, -0.1) is 0 Å². The highest BCUT2D eigenvalue weighted by Crippen LogP contribution is 2.31. The normalized spacial score (nSPS) is 17.1. The lowest BCUT2D eigenvalue weighted by molar-refractivity contribution is -0.949. The van der Waals surface area contributed by atoms with E-state index in [4.69, 9.17) is 0 Å². The second-order valence-electron chi connectivity index (χ2n) is 4.20. The second kappa shape index (κ2) is 5.92. The molecule has 4 heteroatoms. The van der Waals surface area contributed by atoms with E-state index in [0.29, 0.717) is 0 Å². The first-order valence-corrected chi connectivity index (χ1v) is 7.82. The van der Waals surface area contributed by atoms with Gasteiger partial charge in [-0.1, -0.05) is 18.9 Å². The highest BCUT2D eigenvalue weighted by atomic mass is 127. The summed E-state index contributed by atoms with van der Waals surface area (Å²) in [5.41, 5.74) is 0.199. The van der Waals surface area contributed by atoms with Gasteiger partial charge in [0, 0.05) is 20.4 Å². The third-order valence-corrected chi connectivity index (χ3v) is 6.05. The van der Waals surface area contributed by atoms with Crippen LogP contribution in [0, 0.1) is 0 Å². The summed E-state index contributed by atoms with van der Waals surface area (Å²) in [5, 5.41) is 0. The summed E-state index contributed by atoms with van der Waals surface area (Å²) < 4.78 is 4.70. The molecule has 0 aliphatic carbocycles. The van der Waals surface area contributed by atoms with Crippen molar-refractivity contribution < 1.29 is 4.48 Å². The molecule has 0 saturated heterocycles. The van der Waals surface area contributed by atoms with Gasteiger partial charge in [0.05, 0.1) is 13.6 Å². The summed E-state index contributed by atoms with van der Waals surface area (Å²) in [6.07, 6.45) is 2.17. The molecule has 0 radical (unpaired) electrons. The largest absolute Gasteiger partial charge is 0.301 e. The van der Waals surface area contributed by atoms with E-state index < -0.39 is 0 Å². The number of quaternary nitrogens is 1. The molecule has 1 atom stereocenters. The Morgan fingerprint density at radius 1 is 1.36 bits per heavy atom. The Morgan fingerprint density at radius 2 is 1.86 bits per heavy atom. The van der Waals surface area contributed by atoms with Crippen molar-refractivity contribution in [2.45, 2.75) is 33.4 Å².